The summed E-state index contributed by atoms with van der Waals surface area (Å²) >= 11 is 0. The summed E-state index contributed by atoms with van der Waals surface area (Å²) in [5, 5.41) is 4.05. The van der Waals surface area contributed by atoms with E-state index < -0.39 is 18.8 Å². The van der Waals surface area contributed by atoms with Crippen LogP contribution in [-0.4, -0.2) is 61.9 Å². The van der Waals surface area contributed by atoms with Crippen LogP contribution in [0.25, 0.3) is 33.2 Å². The number of nitrogens with zero attached hydrogens (tertiary/aromatic N) is 5. The maximum absolute atomic E-state index is 14.9. The van der Waals surface area contributed by atoms with Gasteiger partial charge in [0.05, 0.1) is 12.1 Å². The largest absolute Gasteiger partial charge is 0.351 e. The lowest BCUT2D eigenvalue weighted by Crippen LogP contribution is -2.35. The first-order chi connectivity index (χ1) is 17.2. The SMILES string of the molecule is Cc1nc2c(F)cc(-c3c[nH]c4nc(NC5CCC(C(=O)N(C)C)CC5)ncc34)cc2n1CC(F)F. The Morgan fingerprint density at radius 2 is 1.97 bits per heavy atom. The van der Waals surface area contributed by atoms with Gasteiger partial charge in [0.1, 0.15) is 17.0 Å². The van der Waals surface area contributed by atoms with Crippen LogP contribution in [0.15, 0.2) is 24.5 Å². The van der Waals surface area contributed by atoms with Gasteiger partial charge in [0.2, 0.25) is 11.9 Å². The summed E-state index contributed by atoms with van der Waals surface area (Å²) in [7, 11) is 3.57. The number of aromatic nitrogens is 5. The van der Waals surface area contributed by atoms with E-state index in [9.17, 15) is 18.0 Å². The van der Waals surface area contributed by atoms with Gasteiger partial charge in [-0.05, 0) is 50.3 Å². The third kappa shape index (κ3) is 4.49. The van der Waals surface area contributed by atoms with Crippen LogP contribution in [-0.2, 0) is 11.3 Å². The van der Waals surface area contributed by atoms with Crippen molar-refractivity contribution in [2.24, 2.45) is 5.92 Å². The zero-order chi connectivity index (χ0) is 25.6. The first-order valence-electron chi connectivity index (χ1n) is 12.0. The Morgan fingerprint density at radius 3 is 2.67 bits per heavy atom. The number of alkyl halides is 2. The van der Waals surface area contributed by atoms with Crippen molar-refractivity contribution in [1.29, 1.82) is 0 Å². The minimum atomic E-state index is -2.58. The van der Waals surface area contributed by atoms with E-state index in [1.54, 1.807) is 44.4 Å². The quantitative estimate of drug-likeness (QED) is 0.400. The molecule has 0 saturated heterocycles. The maximum atomic E-state index is 14.9. The highest BCUT2D eigenvalue weighted by molar-refractivity contribution is 5.96. The third-order valence-corrected chi connectivity index (χ3v) is 6.91. The Morgan fingerprint density at radius 1 is 1.22 bits per heavy atom. The predicted molar refractivity (Wildman–Crippen MR) is 131 cm³/mol. The maximum Gasteiger partial charge on any atom is 0.256 e. The van der Waals surface area contributed by atoms with Crippen molar-refractivity contribution in [2.75, 3.05) is 19.4 Å². The van der Waals surface area contributed by atoms with Crippen molar-refractivity contribution in [3.05, 3.63) is 36.2 Å². The van der Waals surface area contributed by atoms with Crippen LogP contribution in [0.5, 0.6) is 0 Å². The number of aryl methyl sites for hydroxylation is 1. The molecule has 0 unspecified atom stereocenters. The number of rotatable bonds is 6. The molecule has 2 N–H and O–H groups in total. The molecule has 8 nitrogen and oxygen atoms in total. The highest BCUT2D eigenvalue weighted by Crippen LogP contribution is 2.33. The van der Waals surface area contributed by atoms with Gasteiger partial charge in [-0.2, -0.15) is 4.98 Å². The number of imidazole rings is 1. The smallest absolute Gasteiger partial charge is 0.256 e. The Balaban J connectivity index is 1.38. The van der Waals surface area contributed by atoms with Crippen molar-refractivity contribution in [3.8, 4) is 11.1 Å². The first-order valence-corrected chi connectivity index (χ1v) is 12.0. The number of benzene rings is 1. The molecule has 1 amide bonds. The Hall–Kier alpha value is -3.63. The number of carbonyl (C=O) groups excluding carboxylic acids is 1. The van der Waals surface area contributed by atoms with Crippen molar-refractivity contribution in [1.82, 2.24) is 29.4 Å². The number of nitrogens with one attached hydrogen (secondary N) is 2. The van der Waals surface area contributed by atoms with Crippen molar-refractivity contribution in [3.63, 3.8) is 0 Å². The number of carbonyl (C=O) groups is 1. The lowest BCUT2D eigenvalue weighted by atomic mass is 9.85. The number of hydrogen-bond acceptors (Lipinski definition) is 5. The molecule has 3 aromatic heterocycles. The first kappa shape index (κ1) is 24.1. The van der Waals surface area contributed by atoms with E-state index in [1.165, 1.54) is 10.6 Å². The van der Waals surface area contributed by atoms with E-state index in [0.717, 1.165) is 25.7 Å². The Kier molecular flexibility index (Phi) is 6.31. The number of amides is 1. The van der Waals surface area contributed by atoms with Gasteiger partial charge >= 0.3 is 0 Å². The van der Waals surface area contributed by atoms with Crippen LogP contribution in [0.4, 0.5) is 19.1 Å². The molecule has 0 bridgehead atoms. The van der Waals surface area contributed by atoms with Crippen LogP contribution >= 0.6 is 0 Å². The fourth-order valence-corrected chi connectivity index (χ4v) is 5.07. The molecule has 0 atom stereocenters. The molecule has 0 spiro atoms. The Labute approximate surface area is 205 Å². The summed E-state index contributed by atoms with van der Waals surface area (Å²) < 4.78 is 42.4. The molecule has 36 heavy (non-hydrogen) atoms. The van der Waals surface area contributed by atoms with E-state index in [2.05, 4.69) is 25.3 Å². The van der Waals surface area contributed by atoms with Gasteiger partial charge in [-0.25, -0.2) is 23.1 Å². The van der Waals surface area contributed by atoms with Gasteiger partial charge in [-0.3, -0.25) is 4.79 Å². The predicted octanol–water partition coefficient (Wildman–Crippen LogP) is 4.75. The number of fused-ring (bicyclic) bond motifs is 2. The van der Waals surface area contributed by atoms with Crippen LogP contribution in [0.1, 0.15) is 31.5 Å². The summed E-state index contributed by atoms with van der Waals surface area (Å²) in [4.78, 5) is 30.1. The van der Waals surface area contributed by atoms with Gasteiger partial charge in [0.15, 0.2) is 5.82 Å². The summed E-state index contributed by atoms with van der Waals surface area (Å²) in [5.74, 6) is 0.471. The van der Waals surface area contributed by atoms with E-state index in [-0.39, 0.29) is 23.4 Å². The van der Waals surface area contributed by atoms with Crippen LogP contribution < -0.4 is 5.32 Å². The van der Waals surface area contributed by atoms with Crippen LogP contribution in [0, 0.1) is 18.7 Å². The Bertz CT molecular complexity index is 1420. The molecular weight excluding hydrogens is 471 g/mol. The molecule has 1 fully saturated rings. The average Bonchev–Trinajstić information content (AvgIpc) is 3.40. The molecular formula is C25H28F3N7O. The second-order valence-corrected chi connectivity index (χ2v) is 9.57. The normalized spacial score (nSPS) is 18.3. The highest BCUT2D eigenvalue weighted by atomic mass is 19.3. The lowest BCUT2D eigenvalue weighted by Gasteiger charge is -2.29. The molecule has 1 saturated carbocycles. The molecule has 1 aliphatic rings. The van der Waals surface area contributed by atoms with E-state index >= 15 is 0 Å². The van der Waals surface area contributed by atoms with Crippen LogP contribution in [0.2, 0.25) is 0 Å². The topological polar surface area (TPSA) is 91.7 Å². The second-order valence-electron chi connectivity index (χ2n) is 9.57. The van der Waals surface area contributed by atoms with Crippen LogP contribution in [0.3, 0.4) is 0 Å². The van der Waals surface area contributed by atoms with E-state index in [4.69, 9.17) is 0 Å². The highest BCUT2D eigenvalue weighted by Gasteiger charge is 2.27. The summed E-state index contributed by atoms with van der Waals surface area (Å²) in [6.07, 6.45) is 4.14. The lowest BCUT2D eigenvalue weighted by molar-refractivity contribution is -0.133. The molecule has 0 aliphatic heterocycles. The molecule has 0 radical (unpaired) electrons. The summed E-state index contributed by atoms with van der Waals surface area (Å²) in [5.41, 5.74) is 2.16. The zero-order valence-corrected chi connectivity index (χ0v) is 20.4. The van der Waals surface area contributed by atoms with Gasteiger partial charge in [0, 0.05) is 49.4 Å². The van der Waals surface area contributed by atoms with Gasteiger partial charge in [-0.1, -0.05) is 0 Å². The third-order valence-electron chi connectivity index (χ3n) is 6.91. The number of H-pyrrole nitrogens is 1. The fraction of sp³-hybridized carbons (Fsp3) is 0.440. The monoisotopic (exact) mass is 499 g/mol. The van der Waals surface area contributed by atoms with Gasteiger partial charge in [-0.15, -0.1) is 0 Å². The van der Waals surface area contributed by atoms with E-state index in [1.807, 2.05) is 0 Å². The molecule has 5 rings (SSSR count). The minimum absolute atomic E-state index is 0.0611. The average molecular weight is 500 g/mol. The summed E-state index contributed by atoms with van der Waals surface area (Å²) in [6, 6.07) is 3.20. The standard InChI is InChI=1S/C25H28F3N7O/c1-13-31-22-19(26)8-15(9-20(22)35(13)12-21(27)28)17-10-29-23-18(17)11-30-25(33-23)32-16-6-4-14(5-7-16)24(36)34(2)3/h8-11,14,16,21H,4-7,12H2,1-3H3,(H2,29,30,32,33). The minimum Gasteiger partial charge on any atom is -0.351 e. The molecule has 11 heteroatoms. The van der Waals surface area contributed by atoms with Gasteiger partial charge < -0.3 is 19.8 Å². The van der Waals surface area contributed by atoms with Gasteiger partial charge in [0.25, 0.3) is 6.43 Å². The molecule has 4 aromatic rings. The number of aromatic amines is 1. The van der Waals surface area contributed by atoms with Crippen molar-refractivity contribution < 1.29 is 18.0 Å². The second kappa shape index (κ2) is 9.44. The molecule has 1 aromatic carbocycles. The van der Waals surface area contributed by atoms with Crippen molar-refractivity contribution in [2.45, 2.75) is 51.6 Å². The molecule has 1 aliphatic carbocycles. The zero-order valence-electron chi connectivity index (χ0n) is 20.4. The van der Waals surface area contributed by atoms with E-state index in [0.29, 0.717) is 39.4 Å². The summed E-state index contributed by atoms with van der Waals surface area (Å²) in [6.45, 7) is 1.03. The molecule has 3 heterocycles. The number of hydrogen-bond donors (Lipinski definition) is 2. The number of halogens is 3. The van der Waals surface area contributed by atoms with Crippen molar-refractivity contribution >= 4 is 33.9 Å². The molecule has 190 valence electrons. The number of anilines is 1. The fourth-order valence-electron chi connectivity index (χ4n) is 5.07.